The molecule has 3 atom stereocenters. The molecule has 1 saturated carbocycles. The molecule has 3 N–H and O–H groups in total. The molecule has 2 aromatic carbocycles. The maximum atomic E-state index is 12.5. The fourth-order valence-corrected chi connectivity index (χ4v) is 5.20. The van der Waals surface area contributed by atoms with Crippen LogP contribution in [0.3, 0.4) is 0 Å². The Morgan fingerprint density at radius 3 is 2.29 bits per heavy atom. The number of amides is 2. The topological polar surface area (TPSA) is 105 Å². The molecule has 0 heterocycles. The lowest BCUT2D eigenvalue weighted by Gasteiger charge is -2.20. The third kappa shape index (κ3) is 5.24. The number of rotatable bonds is 9. The van der Waals surface area contributed by atoms with Crippen molar-refractivity contribution in [1.29, 1.82) is 0 Å². The fourth-order valence-electron chi connectivity index (χ4n) is 5.20. The Bertz CT molecular complexity index is 1010. The van der Waals surface area contributed by atoms with E-state index < -0.39 is 18.0 Å². The summed E-state index contributed by atoms with van der Waals surface area (Å²) in [6.07, 6.45) is 2.97. The molecule has 1 unspecified atom stereocenters. The van der Waals surface area contributed by atoms with Gasteiger partial charge in [-0.2, -0.15) is 0 Å². The van der Waals surface area contributed by atoms with Gasteiger partial charge >= 0.3 is 12.1 Å². The first-order valence-electron chi connectivity index (χ1n) is 12.1. The van der Waals surface area contributed by atoms with E-state index in [-0.39, 0.29) is 36.9 Å². The number of aliphatic carboxylic acids is 1. The Morgan fingerprint density at radius 1 is 1.03 bits per heavy atom. The monoisotopic (exact) mass is 464 g/mol. The van der Waals surface area contributed by atoms with Crippen molar-refractivity contribution in [3.05, 3.63) is 59.7 Å². The van der Waals surface area contributed by atoms with Crippen LogP contribution in [-0.4, -0.2) is 41.8 Å². The van der Waals surface area contributed by atoms with Gasteiger partial charge in [-0.3, -0.25) is 9.59 Å². The SMILES string of the molecule is CCC(CCC(=O)N[C@@H]1CCC[C@@H]1C(=O)O)NC(=O)OCC1c2ccccc2-c2ccccc21. The van der Waals surface area contributed by atoms with Crippen LogP contribution in [0, 0.1) is 5.92 Å². The van der Waals surface area contributed by atoms with Gasteiger partial charge in [0.1, 0.15) is 6.61 Å². The summed E-state index contributed by atoms with van der Waals surface area (Å²) in [5.74, 6) is -1.54. The molecule has 0 radical (unpaired) electrons. The van der Waals surface area contributed by atoms with Crippen LogP contribution in [0.4, 0.5) is 4.79 Å². The van der Waals surface area contributed by atoms with Crippen molar-refractivity contribution < 1.29 is 24.2 Å². The van der Waals surface area contributed by atoms with Gasteiger partial charge < -0.3 is 20.5 Å². The normalized spacial score (nSPS) is 19.7. The van der Waals surface area contributed by atoms with E-state index in [9.17, 15) is 19.5 Å². The molecule has 0 aliphatic heterocycles. The highest BCUT2D eigenvalue weighted by molar-refractivity contribution is 5.79. The molecule has 0 saturated heterocycles. The van der Waals surface area contributed by atoms with Crippen LogP contribution < -0.4 is 10.6 Å². The Morgan fingerprint density at radius 2 is 1.68 bits per heavy atom. The highest BCUT2D eigenvalue weighted by atomic mass is 16.5. The van der Waals surface area contributed by atoms with Crippen molar-refractivity contribution in [2.75, 3.05) is 6.61 Å². The van der Waals surface area contributed by atoms with E-state index in [0.29, 0.717) is 25.7 Å². The predicted molar refractivity (Wildman–Crippen MR) is 128 cm³/mol. The summed E-state index contributed by atoms with van der Waals surface area (Å²) < 4.78 is 5.61. The quantitative estimate of drug-likeness (QED) is 0.508. The average Bonchev–Trinajstić information content (AvgIpc) is 3.43. The van der Waals surface area contributed by atoms with Gasteiger partial charge in [-0.05, 0) is 47.9 Å². The fraction of sp³-hybridized carbons (Fsp3) is 0.444. The lowest BCUT2D eigenvalue weighted by Crippen LogP contribution is -2.41. The van der Waals surface area contributed by atoms with Gasteiger partial charge in [0.25, 0.3) is 0 Å². The van der Waals surface area contributed by atoms with E-state index in [0.717, 1.165) is 17.5 Å². The summed E-state index contributed by atoms with van der Waals surface area (Å²) in [6, 6.07) is 15.9. The summed E-state index contributed by atoms with van der Waals surface area (Å²) in [5, 5.41) is 15.0. The van der Waals surface area contributed by atoms with Gasteiger partial charge in [-0.15, -0.1) is 0 Å². The summed E-state index contributed by atoms with van der Waals surface area (Å²) in [4.78, 5) is 36.2. The van der Waals surface area contributed by atoms with Gasteiger partial charge in [0.05, 0.1) is 5.92 Å². The lowest BCUT2D eigenvalue weighted by atomic mass is 9.98. The Labute approximate surface area is 199 Å². The van der Waals surface area contributed by atoms with Gasteiger partial charge in [-0.1, -0.05) is 61.9 Å². The molecule has 2 aromatic rings. The zero-order valence-corrected chi connectivity index (χ0v) is 19.5. The first kappa shape index (κ1) is 23.8. The number of fused-ring (bicyclic) bond motifs is 3. The van der Waals surface area contributed by atoms with Gasteiger partial charge in [0.2, 0.25) is 5.91 Å². The van der Waals surface area contributed by atoms with Crippen LogP contribution in [-0.2, 0) is 14.3 Å². The van der Waals surface area contributed by atoms with E-state index in [4.69, 9.17) is 4.74 Å². The van der Waals surface area contributed by atoms with Crippen LogP contribution in [0.15, 0.2) is 48.5 Å². The molecule has 7 heteroatoms. The minimum atomic E-state index is -0.855. The van der Waals surface area contributed by atoms with E-state index in [2.05, 4.69) is 34.9 Å². The standard InChI is InChI=1S/C27H32N2O5/c1-2-17(14-15-25(30)29-24-13-7-12-22(24)26(31)32)28-27(33)34-16-23-20-10-5-3-8-18(20)19-9-4-6-11-21(19)23/h3-6,8-11,17,22-24H,2,7,12-16H2,1H3,(H,28,33)(H,29,30)(H,31,32)/t17?,22-,24+/m0/s1. The zero-order chi connectivity index (χ0) is 24.1. The highest BCUT2D eigenvalue weighted by Gasteiger charge is 2.34. The maximum Gasteiger partial charge on any atom is 0.407 e. The molecular formula is C27H32N2O5. The van der Waals surface area contributed by atoms with Crippen LogP contribution in [0.2, 0.25) is 0 Å². The first-order chi connectivity index (χ1) is 16.5. The average molecular weight is 465 g/mol. The molecule has 4 rings (SSSR count). The Kier molecular flexibility index (Phi) is 7.50. The number of hydrogen-bond donors (Lipinski definition) is 3. The molecule has 180 valence electrons. The number of carbonyl (C=O) groups excluding carboxylic acids is 2. The first-order valence-corrected chi connectivity index (χ1v) is 12.1. The number of carboxylic acids is 1. The molecule has 1 fully saturated rings. The second-order valence-electron chi connectivity index (χ2n) is 9.16. The number of carbonyl (C=O) groups is 3. The molecule has 2 aliphatic carbocycles. The van der Waals surface area contributed by atoms with Crippen molar-refractivity contribution in [2.24, 2.45) is 5.92 Å². The lowest BCUT2D eigenvalue weighted by molar-refractivity contribution is -0.142. The third-order valence-corrected chi connectivity index (χ3v) is 7.06. The smallest absolute Gasteiger partial charge is 0.407 e. The molecule has 0 bridgehead atoms. The van der Waals surface area contributed by atoms with Crippen LogP contribution in [0.25, 0.3) is 11.1 Å². The second-order valence-corrected chi connectivity index (χ2v) is 9.16. The van der Waals surface area contributed by atoms with Crippen molar-refractivity contribution in [2.45, 2.75) is 63.5 Å². The van der Waals surface area contributed by atoms with Crippen LogP contribution in [0.1, 0.15) is 62.5 Å². The van der Waals surface area contributed by atoms with Gasteiger partial charge in [0, 0.05) is 24.4 Å². The largest absolute Gasteiger partial charge is 0.481 e. The van der Waals surface area contributed by atoms with E-state index in [1.54, 1.807) is 0 Å². The van der Waals surface area contributed by atoms with E-state index in [1.165, 1.54) is 11.1 Å². The maximum absolute atomic E-state index is 12.5. The summed E-state index contributed by atoms with van der Waals surface area (Å²) >= 11 is 0. The molecule has 2 amide bonds. The van der Waals surface area contributed by atoms with E-state index in [1.807, 2.05) is 31.2 Å². The number of alkyl carbamates (subject to hydrolysis) is 1. The summed E-state index contributed by atoms with van der Waals surface area (Å²) in [7, 11) is 0. The number of carboxylic acid groups (broad SMARTS) is 1. The Hall–Kier alpha value is -3.35. The highest BCUT2D eigenvalue weighted by Crippen LogP contribution is 2.44. The van der Waals surface area contributed by atoms with Crippen molar-refractivity contribution in [3.8, 4) is 11.1 Å². The number of hydrogen-bond acceptors (Lipinski definition) is 4. The number of benzene rings is 2. The molecular weight excluding hydrogens is 432 g/mol. The number of ether oxygens (including phenoxy) is 1. The van der Waals surface area contributed by atoms with Crippen molar-refractivity contribution in [3.63, 3.8) is 0 Å². The minimum Gasteiger partial charge on any atom is -0.481 e. The summed E-state index contributed by atoms with van der Waals surface area (Å²) in [6.45, 7) is 2.19. The second kappa shape index (κ2) is 10.7. The minimum absolute atomic E-state index is 0.00223. The Balaban J connectivity index is 1.26. The molecule has 2 aliphatic rings. The number of nitrogens with one attached hydrogen (secondary N) is 2. The third-order valence-electron chi connectivity index (χ3n) is 7.06. The van der Waals surface area contributed by atoms with Crippen LogP contribution >= 0.6 is 0 Å². The zero-order valence-electron chi connectivity index (χ0n) is 19.5. The molecule has 34 heavy (non-hydrogen) atoms. The van der Waals surface area contributed by atoms with Crippen molar-refractivity contribution >= 4 is 18.0 Å². The molecule has 0 aromatic heterocycles. The van der Waals surface area contributed by atoms with Crippen molar-refractivity contribution in [1.82, 2.24) is 10.6 Å². The molecule has 0 spiro atoms. The van der Waals surface area contributed by atoms with Crippen LogP contribution in [0.5, 0.6) is 0 Å². The van der Waals surface area contributed by atoms with E-state index >= 15 is 0 Å². The summed E-state index contributed by atoms with van der Waals surface area (Å²) in [5.41, 5.74) is 4.67. The predicted octanol–water partition coefficient (Wildman–Crippen LogP) is 4.45. The van der Waals surface area contributed by atoms with Gasteiger partial charge in [0.15, 0.2) is 0 Å². The van der Waals surface area contributed by atoms with Gasteiger partial charge in [-0.25, -0.2) is 4.79 Å². The molecule has 7 nitrogen and oxygen atoms in total.